The molecule has 3 rings (SSSR count). The maximum atomic E-state index is 12.4. The van der Waals surface area contributed by atoms with E-state index in [1.165, 1.54) is 35.4 Å². The monoisotopic (exact) mass is 407 g/mol. The zero-order chi connectivity index (χ0) is 18.7. The van der Waals surface area contributed by atoms with E-state index in [1.807, 2.05) is 24.4 Å². The zero-order valence-electron chi connectivity index (χ0n) is 14.2. The number of carbonyl (C=O) groups excluding carboxylic acids is 1. The van der Waals surface area contributed by atoms with Crippen molar-refractivity contribution >= 4 is 43.7 Å². The van der Waals surface area contributed by atoms with Gasteiger partial charge in [0.2, 0.25) is 15.9 Å². The number of thiazole rings is 1. The van der Waals surface area contributed by atoms with Crippen molar-refractivity contribution in [3.05, 3.63) is 52.7 Å². The van der Waals surface area contributed by atoms with Crippen molar-refractivity contribution in [1.82, 2.24) is 9.29 Å². The summed E-state index contributed by atoms with van der Waals surface area (Å²) in [5.41, 5.74) is 0.800. The Hall–Kier alpha value is -2.07. The fourth-order valence-corrected chi connectivity index (χ4v) is 5.01. The summed E-state index contributed by atoms with van der Waals surface area (Å²) in [7, 11) is -2.33. The van der Waals surface area contributed by atoms with Crippen molar-refractivity contribution in [3.63, 3.8) is 0 Å². The van der Waals surface area contributed by atoms with Crippen LogP contribution < -0.4 is 5.32 Å². The van der Waals surface area contributed by atoms with E-state index in [2.05, 4.69) is 10.3 Å². The molecule has 0 bridgehead atoms. The van der Waals surface area contributed by atoms with Crippen molar-refractivity contribution in [2.45, 2.75) is 11.8 Å². The number of nitrogens with zero attached hydrogens (tertiary/aromatic N) is 2. The summed E-state index contributed by atoms with van der Waals surface area (Å²) in [6.07, 6.45) is 0. The Kier molecular flexibility index (Phi) is 5.52. The van der Waals surface area contributed by atoms with Crippen molar-refractivity contribution in [3.8, 4) is 10.6 Å². The number of likely N-dealkylation sites (N-methyl/N-ethyl adjacent to an activating group) is 1. The number of hydrogen-bond acceptors (Lipinski definition) is 6. The molecule has 0 fully saturated rings. The highest BCUT2D eigenvalue weighted by Crippen LogP contribution is 2.30. The summed E-state index contributed by atoms with van der Waals surface area (Å²) < 4.78 is 25.9. The lowest BCUT2D eigenvalue weighted by molar-refractivity contribution is -0.116. The van der Waals surface area contributed by atoms with Crippen LogP contribution in [0.2, 0.25) is 0 Å². The van der Waals surface area contributed by atoms with Crippen LogP contribution in [0.25, 0.3) is 10.6 Å². The quantitative estimate of drug-likeness (QED) is 0.679. The highest BCUT2D eigenvalue weighted by molar-refractivity contribution is 7.89. The summed E-state index contributed by atoms with van der Waals surface area (Å²) in [4.78, 5) is 19.0. The number of amides is 1. The SMILES string of the molecule is Cc1ccc(-c2csc(NC(=O)CN(C)S(=O)(=O)c3ccccc3)n2)s1. The smallest absolute Gasteiger partial charge is 0.243 e. The summed E-state index contributed by atoms with van der Waals surface area (Å²) >= 11 is 2.94. The fraction of sp³-hybridized carbons (Fsp3) is 0.176. The van der Waals surface area contributed by atoms with Gasteiger partial charge in [-0.2, -0.15) is 4.31 Å². The van der Waals surface area contributed by atoms with Crippen molar-refractivity contribution < 1.29 is 13.2 Å². The van der Waals surface area contributed by atoms with E-state index < -0.39 is 15.9 Å². The average Bonchev–Trinajstić information content (AvgIpc) is 3.24. The Bertz CT molecular complexity index is 1010. The minimum Gasteiger partial charge on any atom is -0.301 e. The van der Waals surface area contributed by atoms with Crippen LogP contribution in [-0.4, -0.2) is 37.2 Å². The molecule has 0 aliphatic heterocycles. The Morgan fingerprint density at radius 1 is 1.19 bits per heavy atom. The molecule has 6 nitrogen and oxygen atoms in total. The molecule has 1 amide bonds. The first-order valence-corrected chi connectivity index (χ1v) is 10.8. The van der Waals surface area contributed by atoms with Crippen molar-refractivity contribution in [2.24, 2.45) is 0 Å². The minimum atomic E-state index is -3.70. The third kappa shape index (κ3) is 4.18. The van der Waals surface area contributed by atoms with Gasteiger partial charge >= 0.3 is 0 Å². The Labute approximate surface area is 160 Å². The van der Waals surface area contributed by atoms with Gasteiger partial charge in [-0.25, -0.2) is 13.4 Å². The lowest BCUT2D eigenvalue weighted by Crippen LogP contribution is -2.34. The molecule has 1 N–H and O–H groups in total. The van der Waals surface area contributed by atoms with Gasteiger partial charge in [0.05, 0.1) is 22.0 Å². The fourth-order valence-electron chi connectivity index (χ4n) is 2.23. The topological polar surface area (TPSA) is 79.4 Å². The van der Waals surface area contributed by atoms with Crippen LogP contribution >= 0.6 is 22.7 Å². The summed E-state index contributed by atoms with van der Waals surface area (Å²) in [5, 5.41) is 4.97. The molecule has 0 spiro atoms. The van der Waals surface area contributed by atoms with Gasteiger partial charge in [0.1, 0.15) is 0 Å². The van der Waals surface area contributed by atoms with Crippen LogP contribution in [0.3, 0.4) is 0 Å². The normalized spacial score (nSPS) is 11.7. The number of carbonyl (C=O) groups is 1. The molecule has 0 saturated heterocycles. The van der Waals surface area contributed by atoms with Crippen LogP contribution in [0.5, 0.6) is 0 Å². The zero-order valence-corrected chi connectivity index (χ0v) is 16.6. The molecule has 0 saturated carbocycles. The van der Waals surface area contributed by atoms with Crippen LogP contribution in [0.15, 0.2) is 52.7 Å². The number of anilines is 1. The number of thiophene rings is 1. The van der Waals surface area contributed by atoms with Crippen LogP contribution in [-0.2, 0) is 14.8 Å². The molecule has 0 aliphatic rings. The average molecular weight is 408 g/mol. The summed E-state index contributed by atoms with van der Waals surface area (Å²) in [6, 6.07) is 12.0. The second kappa shape index (κ2) is 7.67. The first-order valence-electron chi connectivity index (χ1n) is 7.70. The Balaban J connectivity index is 1.65. The molecule has 2 heterocycles. The second-order valence-corrected chi connectivity index (χ2v) is 9.76. The van der Waals surface area contributed by atoms with E-state index in [0.29, 0.717) is 5.13 Å². The molecule has 3 aromatic rings. The molecular weight excluding hydrogens is 390 g/mol. The lowest BCUT2D eigenvalue weighted by atomic mass is 10.4. The Morgan fingerprint density at radius 3 is 2.58 bits per heavy atom. The van der Waals surface area contributed by atoms with Gasteiger partial charge in [-0.05, 0) is 31.2 Å². The molecule has 1 aromatic carbocycles. The molecule has 0 radical (unpaired) electrons. The van der Waals surface area contributed by atoms with E-state index in [9.17, 15) is 13.2 Å². The van der Waals surface area contributed by atoms with Gasteiger partial charge < -0.3 is 5.32 Å². The number of rotatable bonds is 6. The third-order valence-electron chi connectivity index (χ3n) is 3.56. The predicted molar refractivity (Wildman–Crippen MR) is 105 cm³/mol. The first kappa shape index (κ1) is 18.7. The van der Waals surface area contributed by atoms with E-state index in [0.717, 1.165) is 14.9 Å². The molecule has 0 atom stereocenters. The molecular formula is C17H17N3O3S3. The standard InChI is InChI=1S/C17H17N3O3S3/c1-12-8-9-15(25-12)14-11-24-17(18-14)19-16(21)10-20(2)26(22,23)13-6-4-3-5-7-13/h3-9,11H,10H2,1-2H3,(H,18,19,21). The van der Waals surface area contributed by atoms with E-state index >= 15 is 0 Å². The third-order valence-corrected chi connectivity index (χ3v) is 7.16. The molecule has 26 heavy (non-hydrogen) atoms. The predicted octanol–water partition coefficient (Wildman–Crippen LogP) is 3.44. The number of aromatic nitrogens is 1. The number of benzene rings is 1. The van der Waals surface area contributed by atoms with E-state index in [1.54, 1.807) is 29.5 Å². The lowest BCUT2D eigenvalue weighted by Gasteiger charge is -2.16. The van der Waals surface area contributed by atoms with E-state index in [4.69, 9.17) is 0 Å². The number of hydrogen-bond donors (Lipinski definition) is 1. The van der Waals surface area contributed by atoms with Crippen molar-refractivity contribution in [1.29, 1.82) is 0 Å². The maximum Gasteiger partial charge on any atom is 0.243 e. The number of nitrogens with one attached hydrogen (secondary N) is 1. The largest absolute Gasteiger partial charge is 0.301 e. The van der Waals surface area contributed by atoms with Gasteiger partial charge in [0.25, 0.3) is 0 Å². The molecule has 0 aliphatic carbocycles. The molecule has 9 heteroatoms. The molecule has 136 valence electrons. The van der Waals surface area contributed by atoms with Gasteiger partial charge in [-0.1, -0.05) is 18.2 Å². The summed E-state index contributed by atoms with van der Waals surface area (Å²) in [5.74, 6) is -0.435. The van der Waals surface area contributed by atoms with E-state index in [-0.39, 0.29) is 11.4 Å². The molecule has 0 unspecified atom stereocenters. The van der Waals surface area contributed by atoms with Crippen LogP contribution in [0, 0.1) is 6.92 Å². The van der Waals surface area contributed by atoms with Gasteiger partial charge in [-0.15, -0.1) is 22.7 Å². The van der Waals surface area contributed by atoms with Gasteiger partial charge in [0, 0.05) is 17.3 Å². The van der Waals surface area contributed by atoms with Gasteiger partial charge in [0.15, 0.2) is 5.13 Å². The summed E-state index contributed by atoms with van der Waals surface area (Å²) in [6.45, 7) is 1.73. The first-order chi connectivity index (χ1) is 12.4. The number of aryl methyl sites for hydroxylation is 1. The Morgan fingerprint density at radius 2 is 1.92 bits per heavy atom. The second-order valence-electron chi connectivity index (χ2n) is 5.57. The highest BCUT2D eigenvalue weighted by Gasteiger charge is 2.23. The van der Waals surface area contributed by atoms with Crippen molar-refractivity contribution in [2.75, 3.05) is 18.9 Å². The van der Waals surface area contributed by atoms with Crippen LogP contribution in [0.1, 0.15) is 4.88 Å². The maximum absolute atomic E-state index is 12.4. The minimum absolute atomic E-state index is 0.153. The highest BCUT2D eigenvalue weighted by atomic mass is 32.2. The molecule has 2 aromatic heterocycles. The van der Waals surface area contributed by atoms with Crippen LogP contribution in [0.4, 0.5) is 5.13 Å². The number of sulfonamides is 1. The van der Waals surface area contributed by atoms with Gasteiger partial charge in [-0.3, -0.25) is 4.79 Å².